The molecule has 0 spiro atoms. The van der Waals surface area contributed by atoms with Crippen molar-refractivity contribution in [3.63, 3.8) is 0 Å². The quantitative estimate of drug-likeness (QED) is 0.436. The van der Waals surface area contributed by atoms with Gasteiger partial charge in [-0.25, -0.2) is 8.42 Å². The van der Waals surface area contributed by atoms with Crippen LogP contribution in [0.1, 0.15) is 19.3 Å². The number of amides is 1. The van der Waals surface area contributed by atoms with Crippen LogP contribution in [0.3, 0.4) is 0 Å². The fourth-order valence-electron chi connectivity index (χ4n) is 3.58. The van der Waals surface area contributed by atoms with Gasteiger partial charge in [0.2, 0.25) is 15.9 Å². The Kier molecular flexibility index (Phi) is 7.69. The van der Waals surface area contributed by atoms with Gasteiger partial charge < -0.3 is 10.1 Å². The Morgan fingerprint density at radius 1 is 0.909 bits per heavy atom. The number of anilines is 1. The van der Waals surface area contributed by atoms with E-state index >= 15 is 0 Å². The Bertz CT molecular complexity index is 1180. The number of hydrogen-bond donors (Lipinski definition) is 1. The van der Waals surface area contributed by atoms with E-state index in [0.29, 0.717) is 30.3 Å². The van der Waals surface area contributed by atoms with E-state index in [-0.39, 0.29) is 16.6 Å². The Morgan fingerprint density at radius 3 is 2.27 bits per heavy atom. The van der Waals surface area contributed by atoms with Crippen LogP contribution in [0.15, 0.2) is 88.7 Å². The summed E-state index contributed by atoms with van der Waals surface area (Å²) in [5, 5.41) is 2.85. The number of para-hydroxylation sites is 1. The molecule has 0 aromatic heterocycles. The smallest absolute Gasteiger partial charge is 0.243 e. The molecule has 1 N–H and O–H groups in total. The van der Waals surface area contributed by atoms with Crippen LogP contribution in [-0.4, -0.2) is 37.5 Å². The van der Waals surface area contributed by atoms with Crippen LogP contribution in [0.5, 0.6) is 11.5 Å². The van der Waals surface area contributed by atoms with E-state index in [1.807, 2.05) is 48.5 Å². The Labute approximate surface area is 199 Å². The number of benzene rings is 3. The largest absolute Gasteiger partial charge is 0.455 e. The van der Waals surface area contributed by atoms with Crippen molar-refractivity contribution in [2.45, 2.75) is 29.1 Å². The highest BCUT2D eigenvalue weighted by Crippen LogP contribution is 2.33. The molecule has 0 radical (unpaired) electrons. The highest BCUT2D eigenvalue weighted by atomic mass is 32.2. The SMILES string of the molecule is O=C(CSc1ccccc1)Nc1cc(S(=O)(=O)N2CCCCC2)ccc1Oc1ccccc1. The topological polar surface area (TPSA) is 75.7 Å². The third-order valence-electron chi connectivity index (χ3n) is 5.26. The number of rotatable bonds is 8. The van der Waals surface area contributed by atoms with E-state index < -0.39 is 10.0 Å². The molecular weight excluding hydrogens is 456 g/mol. The number of sulfonamides is 1. The van der Waals surface area contributed by atoms with Crippen LogP contribution in [0.4, 0.5) is 5.69 Å². The lowest BCUT2D eigenvalue weighted by atomic mass is 10.2. The van der Waals surface area contributed by atoms with E-state index in [9.17, 15) is 13.2 Å². The third-order valence-corrected chi connectivity index (χ3v) is 8.17. The minimum absolute atomic E-state index is 0.149. The average Bonchev–Trinajstić information content (AvgIpc) is 2.85. The lowest BCUT2D eigenvalue weighted by Gasteiger charge is -2.26. The number of nitrogens with one attached hydrogen (secondary N) is 1. The van der Waals surface area contributed by atoms with Gasteiger partial charge in [0.05, 0.1) is 16.3 Å². The third kappa shape index (κ3) is 6.16. The van der Waals surface area contributed by atoms with E-state index in [1.54, 1.807) is 18.2 Å². The Morgan fingerprint density at radius 2 is 1.58 bits per heavy atom. The normalized spacial score (nSPS) is 14.5. The summed E-state index contributed by atoms with van der Waals surface area (Å²) in [5.74, 6) is 0.933. The number of hydrogen-bond acceptors (Lipinski definition) is 5. The molecule has 6 nitrogen and oxygen atoms in total. The maximum absolute atomic E-state index is 13.2. The monoisotopic (exact) mass is 482 g/mol. The maximum atomic E-state index is 13.2. The summed E-state index contributed by atoms with van der Waals surface area (Å²) in [6.07, 6.45) is 2.75. The van der Waals surface area contributed by atoms with Gasteiger partial charge in [-0.1, -0.05) is 42.8 Å². The van der Waals surface area contributed by atoms with Crippen molar-refractivity contribution in [1.29, 1.82) is 0 Å². The maximum Gasteiger partial charge on any atom is 0.243 e. The lowest BCUT2D eigenvalue weighted by Crippen LogP contribution is -2.35. The lowest BCUT2D eigenvalue weighted by molar-refractivity contribution is -0.113. The fraction of sp³-hybridized carbons (Fsp3) is 0.240. The van der Waals surface area contributed by atoms with Crippen LogP contribution in [0.2, 0.25) is 0 Å². The number of carbonyl (C=O) groups is 1. The Balaban J connectivity index is 1.58. The van der Waals surface area contributed by atoms with Gasteiger partial charge in [0, 0.05) is 18.0 Å². The second kappa shape index (κ2) is 10.9. The summed E-state index contributed by atoms with van der Waals surface area (Å²) in [6.45, 7) is 1.03. The predicted octanol–water partition coefficient (Wildman–Crippen LogP) is 5.38. The zero-order valence-electron chi connectivity index (χ0n) is 18.1. The molecule has 1 heterocycles. The summed E-state index contributed by atoms with van der Waals surface area (Å²) in [4.78, 5) is 13.8. The van der Waals surface area contributed by atoms with Crippen molar-refractivity contribution in [2.75, 3.05) is 24.2 Å². The zero-order valence-corrected chi connectivity index (χ0v) is 19.8. The average molecular weight is 483 g/mol. The van der Waals surface area contributed by atoms with Gasteiger partial charge in [-0.05, 0) is 55.3 Å². The molecule has 172 valence electrons. The van der Waals surface area contributed by atoms with Crippen LogP contribution in [-0.2, 0) is 14.8 Å². The van der Waals surface area contributed by atoms with E-state index in [4.69, 9.17) is 4.74 Å². The van der Waals surface area contributed by atoms with Gasteiger partial charge >= 0.3 is 0 Å². The molecule has 1 amide bonds. The van der Waals surface area contributed by atoms with Crippen LogP contribution >= 0.6 is 11.8 Å². The van der Waals surface area contributed by atoms with Crippen molar-refractivity contribution in [2.24, 2.45) is 0 Å². The predicted molar refractivity (Wildman–Crippen MR) is 131 cm³/mol. The molecule has 1 aliphatic heterocycles. The summed E-state index contributed by atoms with van der Waals surface area (Å²) >= 11 is 1.41. The number of ether oxygens (including phenoxy) is 1. The molecule has 1 fully saturated rings. The summed E-state index contributed by atoms with van der Waals surface area (Å²) in [6, 6.07) is 23.4. The molecule has 0 atom stereocenters. The van der Waals surface area contributed by atoms with Crippen LogP contribution in [0, 0.1) is 0 Å². The van der Waals surface area contributed by atoms with E-state index in [0.717, 1.165) is 24.2 Å². The van der Waals surface area contributed by atoms with E-state index in [1.165, 1.54) is 28.2 Å². The molecule has 0 saturated carbocycles. The fourth-order valence-corrected chi connectivity index (χ4v) is 5.84. The molecule has 33 heavy (non-hydrogen) atoms. The highest BCUT2D eigenvalue weighted by molar-refractivity contribution is 8.00. The molecule has 8 heteroatoms. The van der Waals surface area contributed by atoms with Gasteiger partial charge in [-0.3, -0.25) is 4.79 Å². The molecule has 3 aromatic rings. The minimum atomic E-state index is -3.64. The molecular formula is C25H26N2O4S2. The number of carbonyl (C=O) groups excluding carboxylic acids is 1. The minimum Gasteiger partial charge on any atom is -0.455 e. The number of piperidine rings is 1. The molecule has 0 aliphatic carbocycles. The first-order valence-corrected chi connectivity index (χ1v) is 13.3. The van der Waals surface area contributed by atoms with Crippen LogP contribution < -0.4 is 10.1 Å². The molecule has 0 bridgehead atoms. The van der Waals surface area contributed by atoms with Crippen molar-refractivity contribution in [1.82, 2.24) is 4.31 Å². The molecule has 3 aromatic carbocycles. The van der Waals surface area contributed by atoms with Crippen LogP contribution in [0.25, 0.3) is 0 Å². The number of thioether (sulfide) groups is 1. The standard InChI is InChI=1S/C25H26N2O4S2/c28-25(19-32-21-12-6-2-7-13-21)26-23-18-22(33(29,30)27-16-8-3-9-17-27)14-15-24(23)31-20-10-4-1-5-11-20/h1-2,4-7,10-15,18H,3,8-9,16-17,19H2,(H,26,28). The van der Waals surface area contributed by atoms with Gasteiger partial charge in [-0.2, -0.15) is 4.31 Å². The first-order chi connectivity index (χ1) is 16.0. The zero-order chi connectivity index (χ0) is 23.1. The van der Waals surface area contributed by atoms with Crippen molar-refractivity contribution < 1.29 is 17.9 Å². The second-order valence-electron chi connectivity index (χ2n) is 7.69. The molecule has 0 unspecified atom stereocenters. The van der Waals surface area contributed by atoms with E-state index in [2.05, 4.69) is 5.32 Å². The van der Waals surface area contributed by atoms with Gasteiger partial charge in [0.15, 0.2) is 5.75 Å². The summed E-state index contributed by atoms with van der Waals surface area (Å²) in [5.41, 5.74) is 0.329. The van der Waals surface area contributed by atoms with Gasteiger partial charge in [-0.15, -0.1) is 11.8 Å². The first kappa shape index (κ1) is 23.4. The highest BCUT2D eigenvalue weighted by Gasteiger charge is 2.27. The number of nitrogens with zero attached hydrogens (tertiary/aromatic N) is 1. The van der Waals surface area contributed by atoms with Gasteiger partial charge in [0.1, 0.15) is 5.75 Å². The first-order valence-electron chi connectivity index (χ1n) is 10.9. The molecule has 4 rings (SSSR count). The second-order valence-corrected chi connectivity index (χ2v) is 10.7. The van der Waals surface area contributed by atoms with Crippen molar-refractivity contribution in [3.05, 3.63) is 78.9 Å². The Hall–Kier alpha value is -2.81. The summed E-state index contributed by atoms with van der Waals surface area (Å²) < 4.78 is 33.8. The van der Waals surface area contributed by atoms with Crippen molar-refractivity contribution in [3.8, 4) is 11.5 Å². The summed E-state index contributed by atoms with van der Waals surface area (Å²) in [7, 11) is -3.64. The molecule has 1 aliphatic rings. The van der Waals surface area contributed by atoms with Crippen molar-refractivity contribution >= 4 is 33.4 Å². The molecule has 1 saturated heterocycles. The van der Waals surface area contributed by atoms with Gasteiger partial charge in [0.25, 0.3) is 0 Å².